The highest BCUT2D eigenvalue weighted by molar-refractivity contribution is 5.95. The summed E-state index contributed by atoms with van der Waals surface area (Å²) >= 11 is 0. The van der Waals surface area contributed by atoms with Crippen molar-refractivity contribution in [2.75, 3.05) is 38.2 Å². The predicted molar refractivity (Wildman–Crippen MR) is 134 cm³/mol. The van der Waals surface area contributed by atoms with E-state index in [-0.39, 0.29) is 18.5 Å². The third kappa shape index (κ3) is 4.90. The van der Waals surface area contributed by atoms with Crippen LogP contribution in [0.5, 0.6) is 5.75 Å². The fraction of sp³-hybridized carbons (Fsp3) is 0.269. The molecular weight excluding hydrogens is 442 g/mol. The Labute approximate surface area is 203 Å². The van der Waals surface area contributed by atoms with Crippen LogP contribution in [-0.4, -0.2) is 70.1 Å². The molecule has 0 aliphatic carbocycles. The van der Waals surface area contributed by atoms with E-state index >= 15 is 0 Å². The van der Waals surface area contributed by atoms with Gasteiger partial charge in [0.25, 0.3) is 0 Å². The number of benzene rings is 1. The van der Waals surface area contributed by atoms with Gasteiger partial charge in [-0.2, -0.15) is 0 Å². The van der Waals surface area contributed by atoms with Crippen LogP contribution in [-0.2, 0) is 11.2 Å². The first-order valence-corrected chi connectivity index (χ1v) is 11.5. The van der Waals surface area contributed by atoms with E-state index in [1.807, 2.05) is 30.3 Å². The number of methoxy groups -OCH3 is 1. The van der Waals surface area contributed by atoms with Crippen molar-refractivity contribution in [3.05, 3.63) is 72.8 Å². The number of carbonyl (C=O) groups is 1. The highest BCUT2D eigenvalue weighted by Gasteiger charge is 2.30. The fourth-order valence-corrected chi connectivity index (χ4v) is 4.62. The van der Waals surface area contributed by atoms with Gasteiger partial charge in [0.05, 0.1) is 37.0 Å². The molecule has 35 heavy (non-hydrogen) atoms. The molecule has 1 saturated heterocycles. The Morgan fingerprint density at radius 1 is 1.06 bits per heavy atom. The SMILES string of the molecule is COc1cncc2nc(-c3ccncc3)nc(N3CCN(CC(N)=O)[C@@H](Cc4ccccc4)C3)c12. The molecule has 1 fully saturated rings. The van der Waals surface area contributed by atoms with E-state index in [1.54, 1.807) is 31.9 Å². The van der Waals surface area contributed by atoms with Crippen LogP contribution < -0.4 is 15.4 Å². The van der Waals surface area contributed by atoms with E-state index in [4.69, 9.17) is 20.4 Å². The molecule has 9 nitrogen and oxygen atoms in total. The lowest BCUT2D eigenvalue weighted by Crippen LogP contribution is -2.56. The van der Waals surface area contributed by atoms with E-state index in [9.17, 15) is 4.79 Å². The first-order valence-electron chi connectivity index (χ1n) is 11.5. The second kappa shape index (κ2) is 10.0. The van der Waals surface area contributed by atoms with Crippen LogP contribution in [0.4, 0.5) is 5.82 Å². The minimum absolute atomic E-state index is 0.0841. The van der Waals surface area contributed by atoms with Gasteiger partial charge in [-0.3, -0.25) is 19.7 Å². The van der Waals surface area contributed by atoms with Crippen LogP contribution in [0.1, 0.15) is 5.56 Å². The van der Waals surface area contributed by atoms with E-state index in [2.05, 4.69) is 31.9 Å². The monoisotopic (exact) mass is 469 g/mol. The van der Waals surface area contributed by atoms with Gasteiger partial charge < -0.3 is 15.4 Å². The molecule has 0 radical (unpaired) electrons. The van der Waals surface area contributed by atoms with Gasteiger partial charge in [0, 0.05) is 43.6 Å². The number of fused-ring (bicyclic) bond motifs is 1. The fourth-order valence-electron chi connectivity index (χ4n) is 4.62. The van der Waals surface area contributed by atoms with Gasteiger partial charge in [0.15, 0.2) is 5.82 Å². The van der Waals surface area contributed by atoms with Crippen LogP contribution in [0.25, 0.3) is 22.3 Å². The maximum absolute atomic E-state index is 11.8. The number of rotatable bonds is 7. The molecule has 5 rings (SSSR count). The van der Waals surface area contributed by atoms with Gasteiger partial charge in [0.1, 0.15) is 11.6 Å². The zero-order chi connectivity index (χ0) is 24.2. The number of pyridine rings is 2. The molecule has 0 unspecified atom stereocenters. The maximum Gasteiger partial charge on any atom is 0.231 e. The van der Waals surface area contributed by atoms with Gasteiger partial charge >= 0.3 is 0 Å². The molecule has 0 spiro atoms. The largest absolute Gasteiger partial charge is 0.494 e. The molecule has 3 aromatic heterocycles. The first kappa shape index (κ1) is 22.7. The van der Waals surface area contributed by atoms with Crippen molar-refractivity contribution in [2.24, 2.45) is 5.73 Å². The summed E-state index contributed by atoms with van der Waals surface area (Å²) in [6, 6.07) is 14.2. The van der Waals surface area contributed by atoms with E-state index in [0.29, 0.717) is 36.7 Å². The summed E-state index contributed by atoms with van der Waals surface area (Å²) in [7, 11) is 1.63. The van der Waals surface area contributed by atoms with Crippen molar-refractivity contribution >= 4 is 22.6 Å². The van der Waals surface area contributed by atoms with Crippen molar-refractivity contribution in [3.8, 4) is 17.1 Å². The average molecular weight is 470 g/mol. The Bertz CT molecular complexity index is 1320. The number of primary amides is 1. The lowest BCUT2D eigenvalue weighted by Gasteiger charge is -2.42. The van der Waals surface area contributed by atoms with E-state index in [1.165, 1.54) is 5.56 Å². The number of ether oxygens (including phenoxy) is 1. The Balaban J connectivity index is 1.57. The van der Waals surface area contributed by atoms with Crippen molar-refractivity contribution in [2.45, 2.75) is 12.5 Å². The molecule has 1 amide bonds. The van der Waals surface area contributed by atoms with Gasteiger partial charge in [0.2, 0.25) is 5.91 Å². The minimum atomic E-state index is -0.322. The van der Waals surface area contributed by atoms with Crippen LogP contribution in [0, 0.1) is 0 Å². The molecule has 4 heterocycles. The smallest absolute Gasteiger partial charge is 0.231 e. The van der Waals surface area contributed by atoms with Gasteiger partial charge in [-0.1, -0.05) is 30.3 Å². The second-order valence-electron chi connectivity index (χ2n) is 8.57. The van der Waals surface area contributed by atoms with Crippen LogP contribution in [0.2, 0.25) is 0 Å². The standard InChI is InChI=1S/C26H27N7O2/c1-35-22-15-29-14-21-24(22)26(31-25(30-21)19-7-9-28-10-8-19)33-12-11-32(17-23(27)34)20(16-33)13-18-5-3-2-4-6-18/h2-10,14-15,20H,11-13,16-17H2,1H3,(H2,27,34)/t20-/m0/s1. The molecule has 1 aliphatic heterocycles. The molecule has 4 aromatic rings. The lowest BCUT2D eigenvalue weighted by molar-refractivity contribution is -0.119. The average Bonchev–Trinajstić information content (AvgIpc) is 2.89. The molecular formula is C26H27N7O2. The third-order valence-electron chi connectivity index (χ3n) is 6.29. The molecule has 178 valence electrons. The van der Waals surface area contributed by atoms with Crippen LogP contribution >= 0.6 is 0 Å². The zero-order valence-corrected chi connectivity index (χ0v) is 19.5. The first-order chi connectivity index (χ1) is 17.1. The quantitative estimate of drug-likeness (QED) is 0.439. The van der Waals surface area contributed by atoms with Gasteiger partial charge in [-0.05, 0) is 24.1 Å². The van der Waals surface area contributed by atoms with E-state index < -0.39 is 0 Å². The van der Waals surface area contributed by atoms with Crippen molar-refractivity contribution in [3.63, 3.8) is 0 Å². The highest BCUT2D eigenvalue weighted by atomic mass is 16.5. The summed E-state index contributed by atoms with van der Waals surface area (Å²) in [4.78, 5) is 34.4. The number of hydrogen-bond acceptors (Lipinski definition) is 8. The van der Waals surface area contributed by atoms with Crippen LogP contribution in [0.15, 0.2) is 67.3 Å². The summed E-state index contributed by atoms with van der Waals surface area (Å²) < 4.78 is 5.65. The molecule has 1 aliphatic rings. The summed E-state index contributed by atoms with van der Waals surface area (Å²) in [6.45, 7) is 2.27. The number of nitrogens with two attached hydrogens (primary N) is 1. The second-order valence-corrected chi connectivity index (χ2v) is 8.57. The highest BCUT2D eigenvalue weighted by Crippen LogP contribution is 2.34. The Kier molecular flexibility index (Phi) is 6.49. The maximum atomic E-state index is 11.8. The van der Waals surface area contributed by atoms with Crippen molar-refractivity contribution in [1.29, 1.82) is 0 Å². The number of hydrogen-bond donors (Lipinski definition) is 1. The number of amides is 1. The third-order valence-corrected chi connectivity index (χ3v) is 6.29. The predicted octanol–water partition coefficient (Wildman–Crippen LogP) is 2.31. The van der Waals surface area contributed by atoms with Crippen LogP contribution in [0.3, 0.4) is 0 Å². The summed E-state index contributed by atoms with van der Waals surface area (Å²) in [5.41, 5.74) is 8.37. The topological polar surface area (TPSA) is 110 Å². The van der Waals surface area contributed by atoms with E-state index in [0.717, 1.165) is 23.2 Å². The number of carbonyl (C=O) groups excluding carboxylic acids is 1. The number of anilines is 1. The van der Waals surface area contributed by atoms with Gasteiger partial charge in [-0.25, -0.2) is 9.97 Å². The summed E-state index contributed by atoms with van der Waals surface area (Å²) in [5.74, 6) is 1.69. The molecule has 0 bridgehead atoms. The Morgan fingerprint density at radius 2 is 1.86 bits per heavy atom. The molecule has 1 aromatic carbocycles. The zero-order valence-electron chi connectivity index (χ0n) is 19.5. The molecule has 2 N–H and O–H groups in total. The molecule has 1 atom stereocenters. The normalized spacial score (nSPS) is 16.4. The number of aromatic nitrogens is 4. The molecule has 9 heteroatoms. The number of piperazine rings is 1. The van der Waals surface area contributed by atoms with Gasteiger partial charge in [-0.15, -0.1) is 0 Å². The lowest BCUT2D eigenvalue weighted by atomic mass is 10.0. The Hall–Kier alpha value is -4.11. The number of nitrogens with zero attached hydrogens (tertiary/aromatic N) is 6. The summed E-state index contributed by atoms with van der Waals surface area (Å²) in [6.07, 6.45) is 7.67. The Morgan fingerprint density at radius 3 is 2.60 bits per heavy atom. The minimum Gasteiger partial charge on any atom is -0.494 e. The van der Waals surface area contributed by atoms with Crippen molar-refractivity contribution < 1.29 is 9.53 Å². The van der Waals surface area contributed by atoms with Crippen molar-refractivity contribution in [1.82, 2.24) is 24.8 Å². The molecule has 0 saturated carbocycles. The summed E-state index contributed by atoms with van der Waals surface area (Å²) in [5, 5.41) is 0.821.